The molecule has 196 valence electrons. The first-order valence-electron chi connectivity index (χ1n) is 8.95. The van der Waals surface area contributed by atoms with Gasteiger partial charge in [0.25, 0.3) is 5.56 Å². The SMILES string of the molecule is CC(=O)[C@@]1(n2cnc3c(=O)[nH]c(N)nc32)O[C@H](COP(=O)(O)OP(=O)(O)OP(=O)(O)O)[C@@H](O)[C@H]1O. The number of hydrogen-bond acceptors (Lipinski definition) is 14. The molecule has 1 aliphatic rings. The Kier molecular flexibility index (Phi) is 7.28. The third-order valence-corrected chi connectivity index (χ3v) is 8.34. The molecular formula is C12H18N5O15P3. The number of aliphatic hydroxyl groups excluding tert-OH is 2. The number of rotatable bonds is 9. The van der Waals surface area contributed by atoms with E-state index in [1.807, 2.05) is 0 Å². The molecule has 0 amide bonds. The van der Waals surface area contributed by atoms with Crippen molar-refractivity contribution in [2.75, 3.05) is 12.3 Å². The Balaban J connectivity index is 1.89. The fourth-order valence-corrected chi connectivity index (χ4v) is 6.27. The lowest BCUT2D eigenvalue weighted by molar-refractivity contribution is -0.171. The Morgan fingerprint density at radius 3 is 2.43 bits per heavy atom. The first-order chi connectivity index (χ1) is 15.9. The number of imidazole rings is 1. The summed E-state index contributed by atoms with van der Waals surface area (Å²) in [5.41, 5.74) is 1.56. The number of nitrogens with one attached hydrogen (secondary N) is 1. The standard InChI is InChI=1S/C12H18N5O15P3/c1-4(18)12(17-3-14-6-9(17)15-11(13)16-10(6)21)8(20)7(19)5(30-12)2-29-34(25,26)32-35(27,28)31-33(22,23)24/h3,5,7-8,19-20H,2H2,1H3,(H,25,26)(H,27,28)(H2,22,23,24)(H3,13,15,16,21)/t5-,7-,8-,12-/m1/s1. The third kappa shape index (κ3) is 5.60. The second kappa shape index (κ2) is 9.20. The van der Waals surface area contributed by atoms with Gasteiger partial charge >= 0.3 is 23.5 Å². The van der Waals surface area contributed by atoms with E-state index in [-0.39, 0.29) is 17.1 Å². The van der Waals surface area contributed by atoms with Gasteiger partial charge in [0.15, 0.2) is 16.9 Å². The first-order valence-corrected chi connectivity index (χ1v) is 13.5. The van der Waals surface area contributed by atoms with E-state index in [9.17, 15) is 43.3 Å². The number of carbonyl (C=O) groups excluding carboxylic acids is 1. The van der Waals surface area contributed by atoms with Crippen LogP contribution in [0.5, 0.6) is 0 Å². The number of nitrogen functional groups attached to an aromatic ring is 1. The van der Waals surface area contributed by atoms with Crippen molar-refractivity contribution in [3.05, 3.63) is 16.7 Å². The number of Topliss-reactive ketones (excluding diaryl/α,β-unsaturated/α-hetero) is 1. The number of ether oxygens (including phenoxy) is 1. The Morgan fingerprint density at radius 1 is 1.23 bits per heavy atom. The number of fused-ring (bicyclic) bond motifs is 1. The summed E-state index contributed by atoms with van der Waals surface area (Å²) in [5, 5.41) is 21.1. The monoisotopic (exact) mass is 565 g/mol. The minimum atomic E-state index is -5.81. The minimum Gasteiger partial charge on any atom is -0.387 e. The number of aromatic amines is 1. The molecule has 0 aromatic carbocycles. The van der Waals surface area contributed by atoms with Crippen molar-refractivity contribution in [2.45, 2.75) is 31.0 Å². The van der Waals surface area contributed by atoms with Gasteiger partial charge in [0, 0.05) is 0 Å². The van der Waals surface area contributed by atoms with Crippen LogP contribution in [0.2, 0.25) is 0 Å². The van der Waals surface area contributed by atoms with E-state index in [1.54, 1.807) is 0 Å². The average molecular weight is 565 g/mol. The van der Waals surface area contributed by atoms with Crippen molar-refractivity contribution in [3.8, 4) is 0 Å². The molecule has 6 atom stereocenters. The summed E-state index contributed by atoms with van der Waals surface area (Å²) in [7, 11) is -17.0. The van der Waals surface area contributed by atoms with Gasteiger partial charge in [-0.3, -0.25) is 23.7 Å². The van der Waals surface area contributed by atoms with E-state index in [2.05, 4.69) is 28.1 Å². The second-order valence-electron chi connectivity index (χ2n) is 6.97. The van der Waals surface area contributed by atoms with Crippen molar-refractivity contribution in [2.24, 2.45) is 0 Å². The summed E-state index contributed by atoms with van der Waals surface area (Å²) in [6.45, 7) is -0.247. The number of H-pyrrole nitrogens is 1. The van der Waals surface area contributed by atoms with Crippen molar-refractivity contribution in [1.82, 2.24) is 19.5 Å². The lowest BCUT2D eigenvalue weighted by Gasteiger charge is -2.30. The zero-order valence-electron chi connectivity index (χ0n) is 17.1. The van der Waals surface area contributed by atoms with Crippen LogP contribution in [0.1, 0.15) is 6.92 Å². The normalized spacial score (nSPS) is 28.6. The molecule has 3 rings (SSSR count). The quantitative estimate of drug-likeness (QED) is 0.145. The fraction of sp³-hybridized carbons (Fsp3) is 0.500. The Bertz CT molecular complexity index is 1350. The molecule has 1 saturated heterocycles. The Morgan fingerprint density at radius 2 is 1.86 bits per heavy atom. The minimum absolute atomic E-state index is 0.318. The van der Waals surface area contributed by atoms with Gasteiger partial charge in [-0.1, -0.05) is 0 Å². The van der Waals surface area contributed by atoms with Crippen LogP contribution < -0.4 is 11.3 Å². The van der Waals surface area contributed by atoms with Gasteiger partial charge < -0.3 is 40.3 Å². The maximum absolute atomic E-state index is 12.6. The van der Waals surface area contributed by atoms with Gasteiger partial charge in [-0.05, 0) is 6.92 Å². The maximum Gasteiger partial charge on any atom is 0.490 e. The zero-order valence-corrected chi connectivity index (χ0v) is 19.8. The number of ketones is 1. The highest BCUT2D eigenvalue weighted by molar-refractivity contribution is 7.66. The zero-order chi connectivity index (χ0) is 26.6. The van der Waals surface area contributed by atoms with Gasteiger partial charge in [-0.2, -0.15) is 13.6 Å². The molecule has 2 unspecified atom stereocenters. The molecule has 1 fully saturated rings. The molecule has 2 aromatic heterocycles. The molecule has 9 N–H and O–H groups in total. The number of carbonyl (C=O) groups is 1. The van der Waals surface area contributed by atoms with Gasteiger partial charge in [0.05, 0.1) is 6.61 Å². The lowest BCUT2D eigenvalue weighted by Crippen LogP contribution is -2.50. The van der Waals surface area contributed by atoms with Crippen LogP contribution >= 0.6 is 23.5 Å². The van der Waals surface area contributed by atoms with E-state index in [0.29, 0.717) is 0 Å². The van der Waals surface area contributed by atoms with E-state index in [1.165, 1.54) is 0 Å². The number of phosphoric acid groups is 3. The van der Waals surface area contributed by atoms with Crippen LogP contribution in [0.4, 0.5) is 5.95 Å². The lowest BCUT2D eigenvalue weighted by atomic mass is 9.99. The fourth-order valence-electron chi connectivity index (χ4n) is 3.24. The summed E-state index contributed by atoms with van der Waals surface area (Å²) in [6.07, 6.45) is -5.03. The second-order valence-corrected chi connectivity index (χ2v) is 11.4. The predicted molar refractivity (Wildman–Crippen MR) is 108 cm³/mol. The number of nitrogens with zero attached hydrogens (tertiary/aromatic N) is 3. The number of anilines is 1. The Labute approximate surface area is 192 Å². The molecule has 0 aliphatic carbocycles. The van der Waals surface area contributed by atoms with Crippen LogP contribution in [0, 0.1) is 0 Å². The van der Waals surface area contributed by atoms with Gasteiger partial charge in [0.2, 0.25) is 11.7 Å². The summed E-state index contributed by atoms with van der Waals surface area (Å²) < 4.78 is 51.8. The summed E-state index contributed by atoms with van der Waals surface area (Å²) in [5.74, 6) is -1.34. The molecule has 3 heterocycles. The van der Waals surface area contributed by atoms with Crippen molar-refractivity contribution in [3.63, 3.8) is 0 Å². The van der Waals surface area contributed by atoms with E-state index in [4.69, 9.17) is 20.3 Å². The Hall–Kier alpha value is -1.89. The van der Waals surface area contributed by atoms with Crippen LogP contribution in [0.25, 0.3) is 11.2 Å². The number of aromatic nitrogens is 4. The average Bonchev–Trinajstić information content (AvgIpc) is 3.18. The summed E-state index contributed by atoms with van der Waals surface area (Å²) in [4.78, 5) is 70.2. The predicted octanol–water partition coefficient (Wildman–Crippen LogP) is -2.59. The molecule has 2 aromatic rings. The van der Waals surface area contributed by atoms with E-state index >= 15 is 0 Å². The summed E-state index contributed by atoms with van der Waals surface area (Å²) in [6, 6.07) is 0. The number of nitrogens with two attached hydrogens (primary N) is 1. The summed E-state index contributed by atoms with van der Waals surface area (Å²) >= 11 is 0. The molecule has 0 spiro atoms. The van der Waals surface area contributed by atoms with Gasteiger partial charge in [-0.25, -0.2) is 18.7 Å². The largest absolute Gasteiger partial charge is 0.490 e. The molecule has 20 nitrogen and oxygen atoms in total. The van der Waals surface area contributed by atoms with Crippen LogP contribution in [0.15, 0.2) is 11.1 Å². The highest BCUT2D eigenvalue weighted by Crippen LogP contribution is 2.66. The van der Waals surface area contributed by atoms with E-state index in [0.717, 1.165) is 17.8 Å². The number of phosphoric ester groups is 1. The van der Waals surface area contributed by atoms with Crippen molar-refractivity contribution >= 4 is 46.4 Å². The van der Waals surface area contributed by atoms with Gasteiger partial charge in [-0.15, -0.1) is 0 Å². The molecule has 35 heavy (non-hydrogen) atoms. The molecule has 23 heteroatoms. The first kappa shape index (κ1) is 27.7. The smallest absolute Gasteiger partial charge is 0.387 e. The van der Waals surface area contributed by atoms with Gasteiger partial charge in [0.1, 0.15) is 24.6 Å². The molecule has 0 bridgehead atoms. The third-order valence-electron chi connectivity index (χ3n) is 4.54. The van der Waals surface area contributed by atoms with Crippen LogP contribution in [-0.2, 0) is 42.1 Å². The number of hydrogen-bond donors (Lipinski definition) is 8. The molecule has 0 saturated carbocycles. The van der Waals surface area contributed by atoms with Crippen molar-refractivity contribution in [1.29, 1.82) is 0 Å². The molecule has 1 aliphatic heterocycles. The topological polar surface area (TPSA) is 316 Å². The molecular weight excluding hydrogens is 547 g/mol. The van der Waals surface area contributed by atoms with Crippen LogP contribution in [-0.4, -0.2) is 80.0 Å². The number of aliphatic hydroxyl groups is 2. The highest BCUT2D eigenvalue weighted by Gasteiger charge is 2.60. The van der Waals surface area contributed by atoms with Crippen molar-refractivity contribution < 1.29 is 66.2 Å². The van der Waals surface area contributed by atoms with E-state index < -0.39 is 65.5 Å². The highest BCUT2D eigenvalue weighted by atomic mass is 31.3. The molecule has 0 radical (unpaired) electrons. The van der Waals surface area contributed by atoms with Crippen LogP contribution in [0.3, 0.4) is 0 Å². The maximum atomic E-state index is 12.6.